The van der Waals surface area contributed by atoms with E-state index in [1.165, 1.54) is 0 Å². The lowest BCUT2D eigenvalue weighted by molar-refractivity contribution is -0.117. The minimum Gasteiger partial charge on any atom is -0.444 e. The van der Waals surface area contributed by atoms with Gasteiger partial charge in [-0.15, -0.1) is 0 Å². The Morgan fingerprint density at radius 1 is 1.29 bits per heavy atom. The Morgan fingerprint density at radius 3 is 2.79 bits per heavy atom. The van der Waals surface area contributed by atoms with Crippen LogP contribution in [0.25, 0.3) is 0 Å². The Hall–Kier alpha value is -2.24. The summed E-state index contributed by atoms with van der Waals surface area (Å²) < 4.78 is 5.48. The highest BCUT2D eigenvalue weighted by molar-refractivity contribution is 6.03. The molecule has 130 valence electrons. The molecule has 2 aliphatic rings. The van der Waals surface area contributed by atoms with E-state index in [9.17, 15) is 9.59 Å². The molecule has 2 heterocycles. The average Bonchev–Trinajstić information content (AvgIpc) is 2.53. The van der Waals surface area contributed by atoms with Gasteiger partial charge in [0.05, 0.1) is 24.0 Å². The molecule has 1 atom stereocenters. The molecule has 2 aliphatic heterocycles. The number of hydrogen-bond acceptors (Lipinski definition) is 4. The van der Waals surface area contributed by atoms with Gasteiger partial charge in [0.1, 0.15) is 5.60 Å². The van der Waals surface area contributed by atoms with Crippen LogP contribution in [0.4, 0.5) is 16.2 Å². The first kappa shape index (κ1) is 16.6. The quantitative estimate of drug-likeness (QED) is 0.859. The van der Waals surface area contributed by atoms with Crippen molar-refractivity contribution < 1.29 is 14.3 Å². The molecule has 0 saturated carbocycles. The number of likely N-dealkylation sites (tertiary alicyclic amines) is 1. The molecule has 1 saturated heterocycles. The van der Waals surface area contributed by atoms with Crippen molar-refractivity contribution >= 4 is 23.4 Å². The Morgan fingerprint density at radius 2 is 2.04 bits per heavy atom. The number of rotatable bonds is 1. The number of hydrogen-bond donors (Lipinski definition) is 1. The van der Waals surface area contributed by atoms with Crippen molar-refractivity contribution in [2.24, 2.45) is 0 Å². The van der Waals surface area contributed by atoms with Crippen LogP contribution in [0.3, 0.4) is 0 Å². The Kier molecular flexibility index (Phi) is 4.39. The number of fused-ring (bicyclic) bond motifs is 1. The number of amides is 2. The SMILES string of the molecule is CC(C)(C)OC(=O)N1CCC[C@H](N2C(=O)CNc3ccccc32)C1. The zero-order chi connectivity index (χ0) is 17.3. The number of para-hydroxylation sites is 2. The maximum atomic E-state index is 12.5. The van der Waals surface area contributed by atoms with Gasteiger partial charge in [0.15, 0.2) is 0 Å². The van der Waals surface area contributed by atoms with E-state index in [4.69, 9.17) is 4.74 Å². The second kappa shape index (κ2) is 6.34. The second-order valence-corrected chi connectivity index (χ2v) is 7.36. The molecule has 2 amide bonds. The third-order valence-corrected chi connectivity index (χ3v) is 4.28. The van der Waals surface area contributed by atoms with Gasteiger partial charge in [0, 0.05) is 13.1 Å². The molecule has 3 rings (SSSR count). The van der Waals surface area contributed by atoms with Crippen molar-refractivity contribution in [1.29, 1.82) is 0 Å². The number of carbonyl (C=O) groups is 2. The van der Waals surface area contributed by atoms with Crippen LogP contribution < -0.4 is 10.2 Å². The van der Waals surface area contributed by atoms with E-state index < -0.39 is 5.60 Å². The molecule has 0 spiro atoms. The zero-order valence-electron chi connectivity index (χ0n) is 14.5. The van der Waals surface area contributed by atoms with Gasteiger partial charge in [0.2, 0.25) is 5.91 Å². The summed E-state index contributed by atoms with van der Waals surface area (Å²) in [7, 11) is 0. The van der Waals surface area contributed by atoms with Crippen LogP contribution in [0, 0.1) is 0 Å². The number of nitrogens with zero attached hydrogens (tertiary/aromatic N) is 2. The minimum absolute atomic E-state index is 0.0120. The van der Waals surface area contributed by atoms with Crippen molar-refractivity contribution in [3.63, 3.8) is 0 Å². The summed E-state index contributed by atoms with van der Waals surface area (Å²) in [6, 6.07) is 7.80. The maximum Gasteiger partial charge on any atom is 0.410 e. The van der Waals surface area contributed by atoms with Crippen LogP contribution in [0.15, 0.2) is 24.3 Å². The van der Waals surface area contributed by atoms with Crippen LogP contribution in [0.2, 0.25) is 0 Å². The molecule has 1 fully saturated rings. The second-order valence-electron chi connectivity index (χ2n) is 7.36. The smallest absolute Gasteiger partial charge is 0.410 e. The molecule has 24 heavy (non-hydrogen) atoms. The number of ether oxygens (including phenoxy) is 1. The van der Waals surface area contributed by atoms with Crippen LogP contribution in [0.5, 0.6) is 0 Å². The highest BCUT2D eigenvalue weighted by Crippen LogP contribution is 2.33. The molecule has 1 aromatic rings. The number of carbonyl (C=O) groups excluding carboxylic acids is 2. The third-order valence-electron chi connectivity index (χ3n) is 4.28. The van der Waals surface area contributed by atoms with Gasteiger partial charge in [-0.3, -0.25) is 4.79 Å². The topological polar surface area (TPSA) is 61.9 Å². The fraction of sp³-hybridized carbons (Fsp3) is 0.556. The van der Waals surface area contributed by atoms with E-state index >= 15 is 0 Å². The fourth-order valence-corrected chi connectivity index (χ4v) is 3.28. The first-order valence-corrected chi connectivity index (χ1v) is 8.48. The molecular formula is C18H25N3O3. The lowest BCUT2D eigenvalue weighted by Gasteiger charge is -2.41. The molecule has 0 aliphatic carbocycles. The Bertz CT molecular complexity index is 639. The Labute approximate surface area is 142 Å². The predicted octanol–water partition coefficient (Wildman–Crippen LogP) is 2.84. The summed E-state index contributed by atoms with van der Waals surface area (Å²) in [4.78, 5) is 28.4. The van der Waals surface area contributed by atoms with Crippen LogP contribution >= 0.6 is 0 Å². The summed E-state index contributed by atoms with van der Waals surface area (Å²) in [5.41, 5.74) is 1.35. The van der Waals surface area contributed by atoms with Crippen LogP contribution in [-0.4, -0.2) is 48.2 Å². The maximum absolute atomic E-state index is 12.5. The summed E-state index contributed by atoms with van der Waals surface area (Å²) in [6.07, 6.45) is 1.45. The van der Waals surface area contributed by atoms with Gasteiger partial charge < -0.3 is 19.9 Å². The molecule has 0 aromatic heterocycles. The van der Waals surface area contributed by atoms with Gasteiger partial charge in [0.25, 0.3) is 0 Å². The number of nitrogens with one attached hydrogen (secondary N) is 1. The van der Waals surface area contributed by atoms with Crippen molar-refractivity contribution in [1.82, 2.24) is 4.90 Å². The molecule has 0 unspecified atom stereocenters. The van der Waals surface area contributed by atoms with Gasteiger partial charge in [-0.05, 0) is 45.7 Å². The molecule has 1 N–H and O–H groups in total. The summed E-state index contributed by atoms with van der Waals surface area (Å²) in [5.74, 6) is 0.0461. The number of anilines is 2. The molecule has 0 bridgehead atoms. The van der Waals surface area contributed by atoms with Crippen molar-refractivity contribution in [2.75, 3.05) is 29.9 Å². The predicted molar refractivity (Wildman–Crippen MR) is 93.2 cm³/mol. The standard InChI is InChI=1S/C18H25N3O3/c1-18(2,3)24-17(23)20-10-6-7-13(12-20)21-15-9-5-4-8-14(15)19-11-16(21)22/h4-5,8-9,13,19H,6-7,10-12H2,1-3H3/t13-/m0/s1. The van der Waals surface area contributed by atoms with E-state index in [0.717, 1.165) is 24.2 Å². The van der Waals surface area contributed by atoms with E-state index in [1.807, 2.05) is 49.9 Å². The minimum atomic E-state index is -0.512. The van der Waals surface area contributed by atoms with Crippen molar-refractivity contribution in [3.05, 3.63) is 24.3 Å². The lowest BCUT2D eigenvalue weighted by atomic mass is 10.0. The van der Waals surface area contributed by atoms with Crippen molar-refractivity contribution in [2.45, 2.75) is 45.3 Å². The van der Waals surface area contributed by atoms with Gasteiger partial charge >= 0.3 is 6.09 Å². The summed E-state index contributed by atoms with van der Waals surface area (Å²) >= 11 is 0. The molecule has 6 nitrogen and oxygen atoms in total. The average molecular weight is 331 g/mol. The van der Waals surface area contributed by atoms with E-state index in [1.54, 1.807) is 4.90 Å². The lowest BCUT2D eigenvalue weighted by Crippen LogP contribution is -2.55. The van der Waals surface area contributed by atoms with Gasteiger partial charge in [-0.2, -0.15) is 0 Å². The van der Waals surface area contributed by atoms with Gasteiger partial charge in [-0.25, -0.2) is 4.79 Å². The molecule has 1 aromatic carbocycles. The highest BCUT2D eigenvalue weighted by Gasteiger charge is 2.35. The Balaban J connectivity index is 1.77. The van der Waals surface area contributed by atoms with E-state index in [-0.39, 0.29) is 18.0 Å². The fourth-order valence-electron chi connectivity index (χ4n) is 3.28. The van der Waals surface area contributed by atoms with Crippen LogP contribution in [-0.2, 0) is 9.53 Å². The molecule has 6 heteroatoms. The van der Waals surface area contributed by atoms with Gasteiger partial charge in [-0.1, -0.05) is 12.1 Å². The molecular weight excluding hydrogens is 306 g/mol. The summed E-state index contributed by atoms with van der Waals surface area (Å²) in [6.45, 7) is 7.06. The normalized spacial score (nSPS) is 21.1. The van der Waals surface area contributed by atoms with Crippen molar-refractivity contribution in [3.8, 4) is 0 Å². The molecule has 0 radical (unpaired) electrons. The number of piperidine rings is 1. The van der Waals surface area contributed by atoms with E-state index in [0.29, 0.717) is 19.6 Å². The largest absolute Gasteiger partial charge is 0.444 e. The number of benzene rings is 1. The van der Waals surface area contributed by atoms with Crippen LogP contribution in [0.1, 0.15) is 33.6 Å². The highest BCUT2D eigenvalue weighted by atomic mass is 16.6. The first-order valence-electron chi connectivity index (χ1n) is 8.48. The zero-order valence-corrected chi connectivity index (χ0v) is 14.5. The first-order chi connectivity index (χ1) is 11.3. The third kappa shape index (κ3) is 3.47. The summed E-state index contributed by atoms with van der Waals surface area (Å²) in [5, 5.41) is 3.15. The monoisotopic (exact) mass is 331 g/mol. The van der Waals surface area contributed by atoms with E-state index in [2.05, 4.69) is 5.32 Å².